The van der Waals surface area contributed by atoms with Crippen LogP contribution < -0.4 is 0 Å². The van der Waals surface area contributed by atoms with Crippen molar-refractivity contribution in [3.05, 3.63) is 71.0 Å². The fraction of sp³-hybridized carbons (Fsp3) is 0.385. The number of Topliss-reactive ketones (excluding diaryl/α,β-unsaturated/α-hetero) is 1. The summed E-state index contributed by atoms with van der Waals surface area (Å²) >= 11 is 0. The van der Waals surface area contributed by atoms with E-state index in [4.69, 9.17) is 0 Å². The first kappa shape index (κ1) is 26.0. The van der Waals surface area contributed by atoms with E-state index in [1.807, 2.05) is 0 Å². The second-order valence-corrected chi connectivity index (χ2v) is 11.4. The van der Waals surface area contributed by atoms with Crippen LogP contribution in [0.4, 0.5) is 4.39 Å². The second kappa shape index (κ2) is 10.5. The molecule has 36 heavy (non-hydrogen) atoms. The van der Waals surface area contributed by atoms with Crippen LogP contribution in [0.5, 0.6) is 0 Å². The molecule has 0 saturated carbocycles. The highest BCUT2D eigenvalue weighted by Crippen LogP contribution is 2.39. The maximum atomic E-state index is 13.7. The third kappa shape index (κ3) is 5.07. The van der Waals surface area contributed by atoms with Crippen molar-refractivity contribution in [3.8, 4) is 0 Å². The van der Waals surface area contributed by atoms with Crippen molar-refractivity contribution in [2.45, 2.75) is 30.2 Å². The minimum Gasteiger partial charge on any atom is -0.507 e. The minimum absolute atomic E-state index is 0.0288. The van der Waals surface area contributed by atoms with E-state index < -0.39 is 39.3 Å². The van der Waals surface area contributed by atoms with Crippen molar-refractivity contribution in [3.63, 3.8) is 0 Å². The second-order valence-electron chi connectivity index (χ2n) is 9.26. The van der Waals surface area contributed by atoms with Crippen LogP contribution in [-0.4, -0.2) is 79.6 Å². The Labute approximate surface area is 210 Å². The molecule has 0 aromatic heterocycles. The minimum atomic E-state index is -3.68. The van der Waals surface area contributed by atoms with Crippen LogP contribution in [0.1, 0.15) is 36.4 Å². The fourth-order valence-corrected chi connectivity index (χ4v) is 5.59. The van der Waals surface area contributed by atoms with Crippen LogP contribution in [0, 0.1) is 5.82 Å². The quantitative estimate of drug-likeness (QED) is 0.346. The molecule has 2 aromatic rings. The summed E-state index contributed by atoms with van der Waals surface area (Å²) in [5.74, 6) is -2.42. The van der Waals surface area contributed by atoms with E-state index in [0.717, 1.165) is 30.2 Å². The number of ketones is 1. The predicted octanol–water partition coefficient (Wildman–Crippen LogP) is 2.98. The maximum absolute atomic E-state index is 13.7. The number of sulfonamides is 1. The average Bonchev–Trinajstić information content (AvgIpc) is 3.13. The average molecular weight is 516 g/mol. The molecule has 1 amide bonds. The van der Waals surface area contributed by atoms with Gasteiger partial charge < -0.3 is 14.9 Å². The van der Waals surface area contributed by atoms with E-state index in [-0.39, 0.29) is 22.6 Å². The number of hydrogen-bond donors (Lipinski definition) is 1. The Bertz CT molecular complexity index is 1270. The van der Waals surface area contributed by atoms with Gasteiger partial charge in [0.2, 0.25) is 10.0 Å². The van der Waals surface area contributed by atoms with Gasteiger partial charge in [0.25, 0.3) is 11.7 Å². The Morgan fingerprint density at radius 3 is 2.17 bits per heavy atom. The first-order valence-corrected chi connectivity index (χ1v) is 13.3. The van der Waals surface area contributed by atoms with Gasteiger partial charge in [-0.15, -0.1) is 0 Å². The fourth-order valence-electron chi connectivity index (χ4n) is 4.69. The Kier molecular flexibility index (Phi) is 7.58. The van der Waals surface area contributed by atoms with Crippen LogP contribution in [0.25, 0.3) is 5.76 Å². The molecule has 2 heterocycles. The molecule has 8 nitrogen and oxygen atoms in total. The third-order valence-corrected chi connectivity index (χ3v) is 8.57. The molecule has 1 atom stereocenters. The molecule has 2 aromatic carbocycles. The molecule has 0 aliphatic carbocycles. The standard InChI is InChI=1S/C26H30FN3O5S/c1-28(2)36(34,35)21-12-8-19(9-13-21)24(31)22-23(18-6-10-20(27)11-7-18)30(26(33)25(22)32)17-16-29-14-4-3-5-15-29/h6-13,23,31H,3-5,14-17H2,1-2H3/b24-22-. The van der Waals surface area contributed by atoms with Gasteiger partial charge >= 0.3 is 0 Å². The van der Waals surface area contributed by atoms with E-state index in [2.05, 4.69) is 4.90 Å². The molecule has 0 spiro atoms. The van der Waals surface area contributed by atoms with Crippen LogP contribution >= 0.6 is 0 Å². The van der Waals surface area contributed by atoms with Crippen LogP contribution in [-0.2, 0) is 19.6 Å². The summed E-state index contributed by atoms with van der Waals surface area (Å²) in [5.41, 5.74) is 0.602. The van der Waals surface area contributed by atoms with Crippen molar-refractivity contribution in [1.29, 1.82) is 0 Å². The number of piperidine rings is 1. The highest BCUT2D eigenvalue weighted by molar-refractivity contribution is 7.89. The number of nitrogens with zero attached hydrogens (tertiary/aromatic N) is 3. The molecule has 1 N–H and O–H groups in total. The van der Waals surface area contributed by atoms with Crippen molar-refractivity contribution in [1.82, 2.24) is 14.1 Å². The van der Waals surface area contributed by atoms with E-state index in [1.54, 1.807) is 0 Å². The van der Waals surface area contributed by atoms with Crippen molar-refractivity contribution >= 4 is 27.5 Å². The zero-order valence-corrected chi connectivity index (χ0v) is 21.2. The molecule has 10 heteroatoms. The van der Waals surface area contributed by atoms with Gasteiger partial charge in [0.15, 0.2) is 0 Å². The molecule has 2 aliphatic rings. The summed E-state index contributed by atoms with van der Waals surface area (Å²) in [6.07, 6.45) is 3.34. The highest BCUT2D eigenvalue weighted by Gasteiger charge is 2.46. The molecule has 0 radical (unpaired) electrons. The van der Waals surface area contributed by atoms with Crippen molar-refractivity contribution in [2.24, 2.45) is 0 Å². The lowest BCUT2D eigenvalue weighted by atomic mass is 9.95. The number of carbonyl (C=O) groups is 2. The Morgan fingerprint density at radius 1 is 0.972 bits per heavy atom. The normalized spacial score (nSPS) is 20.9. The first-order valence-electron chi connectivity index (χ1n) is 11.9. The van der Waals surface area contributed by atoms with Crippen molar-refractivity contribution in [2.75, 3.05) is 40.3 Å². The summed E-state index contributed by atoms with van der Waals surface area (Å²) in [5, 5.41) is 11.2. The molecule has 2 saturated heterocycles. The summed E-state index contributed by atoms with van der Waals surface area (Å²) in [6.45, 7) is 2.71. The Hall–Kier alpha value is -3.08. The Balaban J connectivity index is 1.72. The van der Waals surface area contributed by atoms with Gasteiger partial charge in [0.05, 0.1) is 16.5 Å². The summed E-state index contributed by atoms with van der Waals surface area (Å²) in [7, 11) is -0.849. The maximum Gasteiger partial charge on any atom is 0.295 e. The van der Waals surface area contributed by atoms with Crippen LogP contribution in [0.3, 0.4) is 0 Å². The number of aliphatic hydroxyl groups is 1. The van der Waals surface area contributed by atoms with Gasteiger partial charge in [-0.3, -0.25) is 9.59 Å². The number of amides is 1. The van der Waals surface area contributed by atoms with Gasteiger partial charge in [0.1, 0.15) is 11.6 Å². The molecular formula is C26H30FN3O5S. The van der Waals surface area contributed by atoms with Crippen LogP contribution in [0.2, 0.25) is 0 Å². The van der Waals surface area contributed by atoms with Gasteiger partial charge in [-0.1, -0.05) is 18.6 Å². The summed E-state index contributed by atoms with van der Waals surface area (Å²) < 4.78 is 39.5. The number of aliphatic hydroxyl groups excluding tert-OH is 1. The molecular weight excluding hydrogens is 485 g/mol. The summed E-state index contributed by atoms with van der Waals surface area (Å²) in [6, 6.07) is 10.1. The lowest BCUT2D eigenvalue weighted by molar-refractivity contribution is -0.140. The van der Waals surface area contributed by atoms with E-state index in [1.165, 1.54) is 73.9 Å². The largest absolute Gasteiger partial charge is 0.507 e. The highest BCUT2D eigenvalue weighted by atomic mass is 32.2. The number of rotatable bonds is 7. The molecule has 1 unspecified atom stereocenters. The SMILES string of the molecule is CN(C)S(=O)(=O)c1ccc(/C(O)=C2/C(=O)C(=O)N(CCN3CCCCC3)C2c2ccc(F)cc2)cc1. The van der Waals surface area contributed by atoms with Crippen molar-refractivity contribution < 1.29 is 27.5 Å². The molecule has 2 fully saturated rings. The lowest BCUT2D eigenvalue weighted by Crippen LogP contribution is -2.39. The topological polar surface area (TPSA) is 98.2 Å². The van der Waals surface area contributed by atoms with E-state index in [0.29, 0.717) is 12.1 Å². The van der Waals surface area contributed by atoms with E-state index in [9.17, 15) is 27.5 Å². The molecule has 0 bridgehead atoms. The molecule has 2 aliphatic heterocycles. The predicted molar refractivity (Wildman–Crippen MR) is 133 cm³/mol. The van der Waals surface area contributed by atoms with Gasteiger partial charge in [-0.05, 0) is 67.9 Å². The number of hydrogen-bond acceptors (Lipinski definition) is 6. The monoisotopic (exact) mass is 515 g/mol. The molecule has 192 valence electrons. The van der Waals surface area contributed by atoms with Crippen LogP contribution in [0.15, 0.2) is 59.0 Å². The number of benzene rings is 2. The summed E-state index contributed by atoms with van der Waals surface area (Å²) in [4.78, 5) is 29.9. The Morgan fingerprint density at radius 2 is 1.58 bits per heavy atom. The number of halogens is 1. The number of carbonyl (C=O) groups excluding carboxylic acids is 2. The first-order chi connectivity index (χ1) is 17.1. The van der Waals surface area contributed by atoms with E-state index >= 15 is 0 Å². The third-order valence-electron chi connectivity index (χ3n) is 6.74. The zero-order valence-electron chi connectivity index (χ0n) is 20.4. The van der Waals surface area contributed by atoms with Gasteiger partial charge in [-0.2, -0.15) is 0 Å². The van der Waals surface area contributed by atoms with Gasteiger partial charge in [-0.25, -0.2) is 17.1 Å². The lowest BCUT2D eigenvalue weighted by Gasteiger charge is -2.31. The van der Waals surface area contributed by atoms with Gasteiger partial charge in [0, 0.05) is 32.7 Å². The number of likely N-dealkylation sites (tertiary alicyclic amines) is 2. The zero-order chi connectivity index (χ0) is 26.0. The molecule has 4 rings (SSSR count). The smallest absolute Gasteiger partial charge is 0.295 e.